The molecule has 0 amide bonds. The largest absolute Gasteiger partial charge is 0.456 e. The van der Waals surface area contributed by atoms with E-state index in [4.69, 9.17) is 4.74 Å². The van der Waals surface area contributed by atoms with Gasteiger partial charge >= 0.3 is 5.97 Å². The van der Waals surface area contributed by atoms with E-state index in [0.717, 1.165) is 11.3 Å². The summed E-state index contributed by atoms with van der Waals surface area (Å²) in [7, 11) is 0. The Hall–Kier alpha value is -1.95. The fourth-order valence-corrected chi connectivity index (χ4v) is 2.81. The summed E-state index contributed by atoms with van der Waals surface area (Å²) in [5.41, 5.74) is 1.96. The summed E-state index contributed by atoms with van der Waals surface area (Å²) in [6.07, 6.45) is 1.72. The second kappa shape index (κ2) is 7.74. The molecule has 26 heavy (non-hydrogen) atoms. The summed E-state index contributed by atoms with van der Waals surface area (Å²) in [6.45, 7) is 11.3. The van der Waals surface area contributed by atoms with E-state index in [1.54, 1.807) is 33.0 Å². The number of esters is 1. The van der Waals surface area contributed by atoms with Crippen molar-refractivity contribution in [2.24, 2.45) is 0 Å². The van der Waals surface area contributed by atoms with Gasteiger partial charge in [0.2, 0.25) is 0 Å². The van der Waals surface area contributed by atoms with Crippen molar-refractivity contribution in [2.75, 3.05) is 5.32 Å². The molecule has 0 aliphatic heterocycles. The SMILES string of the molecule is Cc1ccnc(C(C)C)c1Nc1c(C(=O)OC(C)(C)C)ccc(Br)c1F. The van der Waals surface area contributed by atoms with Gasteiger partial charge in [-0.3, -0.25) is 4.98 Å². The predicted octanol–water partition coefficient (Wildman–Crippen LogP) is 6.11. The third kappa shape index (κ3) is 4.61. The van der Waals surface area contributed by atoms with E-state index in [0.29, 0.717) is 5.69 Å². The maximum atomic E-state index is 14.9. The summed E-state index contributed by atoms with van der Waals surface area (Å²) in [6, 6.07) is 4.89. The molecule has 0 aliphatic rings. The molecular formula is C20H24BrFN2O2. The summed E-state index contributed by atoms with van der Waals surface area (Å²) in [4.78, 5) is 17.0. The zero-order valence-corrected chi connectivity index (χ0v) is 17.5. The van der Waals surface area contributed by atoms with Crippen molar-refractivity contribution in [3.05, 3.63) is 51.5 Å². The van der Waals surface area contributed by atoms with Crippen molar-refractivity contribution in [3.8, 4) is 0 Å². The first-order valence-electron chi connectivity index (χ1n) is 8.45. The van der Waals surface area contributed by atoms with Crippen LogP contribution in [0.2, 0.25) is 0 Å². The van der Waals surface area contributed by atoms with Crippen molar-refractivity contribution < 1.29 is 13.9 Å². The van der Waals surface area contributed by atoms with E-state index >= 15 is 0 Å². The Morgan fingerprint density at radius 3 is 2.46 bits per heavy atom. The second-order valence-corrected chi connectivity index (χ2v) is 8.31. The third-order valence-corrected chi connectivity index (χ3v) is 4.31. The van der Waals surface area contributed by atoms with Gasteiger partial charge in [0.25, 0.3) is 0 Å². The molecule has 1 N–H and O–H groups in total. The molecule has 0 saturated carbocycles. The highest BCUT2D eigenvalue weighted by Gasteiger charge is 2.24. The monoisotopic (exact) mass is 422 g/mol. The number of pyridine rings is 1. The van der Waals surface area contributed by atoms with E-state index in [-0.39, 0.29) is 21.6 Å². The maximum absolute atomic E-state index is 14.9. The summed E-state index contributed by atoms with van der Waals surface area (Å²) >= 11 is 3.19. The van der Waals surface area contributed by atoms with Gasteiger partial charge in [-0.1, -0.05) is 13.8 Å². The molecular weight excluding hydrogens is 399 g/mol. The van der Waals surface area contributed by atoms with Gasteiger partial charge in [-0.25, -0.2) is 9.18 Å². The Morgan fingerprint density at radius 1 is 1.23 bits per heavy atom. The average molecular weight is 423 g/mol. The Balaban J connectivity index is 2.57. The first-order valence-corrected chi connectivity index (χ1v) is 9.24. The van der Waals surface area contributed by atoms with Crippen LogP contribution in [0.15, 0.2) is 28.9 Å². The quantitative estimate of drug-likeness (QED) is 0.603. The summed E-state index contributed by atoms with van der Waals surface area (Å²) in [5, 5.41) is 3.10. The fraction of sp³-hybridized carbons (Fsp3) is 0.400. The van der Waals surface area contributed by atoms with Crippen LogP contribution in [0.4, 0.5) is 15.8 Å². The lowest BCUT2D eigenvalue weighted by Gasteiger charge is -2.22. The zero-order chi connectivity index (χ0) is 19.6. The van der Waals surface area contributed by atoms with E-state index in [1.807, 2.05) is 26.8 Å². The number of hydrogen-bond acceptors (Lipinski definition) is 4. The Labute approximate surface area is 162 Å². The topological polar surface area (TPSA) is 51.2 Å². The van der Waals surface area contributed by atoms with Crippen LogP contribution in [-0.2, 0) is 4.74 Å². The first kappa shape index (κ1) is 20.4. The van der Waals surface area contributed by atoms with Crippen molar-refractivity contribution >= 4 is 33.3 Å². The van der Waals surface area contributed by atoms with Crippen molar-refractivity contribution in [1.29, 1.82) is 0 Å². The van der Waals surface area contributed by atoms with E-state index < -0.39 is 17.4 Å². The molecule has 0 spiro atoms. The number of rotatable bonds is 4. The number of carbonyl (C=O) groups excluding carboxylic acids is 1. The molecule has 6 heteroatoms. The zero-order valence-electron chi connectivity index (χ0n) is 15.9. The lowest BCUT2D eigenvalue weighted by Crippen LogP contribution is -2.24. The van der Waals surface area contributed by atoms with Crippen LogP contribution in [0.5, 0.6) is 0 Å². The number of nitrogens with one attached hydrogen (secondary N) is 1. The normalized spacial score (nSPS) is 11.6. The highest BCUT2D eigenvalue weighted by Crippen LogP contribution is 2.34. The molecule has 0 radical (unpaired) electrons. The molecule has 1 aromatic heterocycles. The summed E-state index contributed by atoms with van der Waals surface area (Å²) in [5.74, 6) is -0.997. The Kier molecular flexibility index (Phi) is 6.06. The van der Waals surface area contributed by atoms with Crippen molar-refractivity contribution in [1.82, 2.24) is 4.98 Å². The number of anilines is 2. The van der Waals surface area contributed by atoms with Gasteiger partial charge in [-0.05, 0) is 73.3 Å². The minimum absolute atomic E-state index is 0.0756. The molecule has 2 rings (SSSR count). The highest BCUT2D eigenvalue weighted by molar-refractivity contribution is 9.10. The molecule has 0 bridgehead atoms. The van der Waals surface area contributed by atoms with Crippen LogP contribution in [0, 0.1) is 12.7 Å². The van der Waals surface area contributed by atoms with Gasteiger partial charge in [0.1, 0.15) is 5.60 Å². The fourth-order valence-electron chi connectivity index (χ4n) is 2.48. The second-order valence-electron chi connectivity index (χ2n) is 7.45. The highest BCUT2D eigenvalue weighted by atomic mass is 79.9. The smallest absolute Gasteiger partial charge is 0.340 e. The van der Waals surface area contributed by atoms with Gasteiger partial charge in [-0.15, -0.1) is 0 Å². The van der Waals surface area contributed by atoms with E-state index in [9.17, 15) is 9.18 Å². The number of carbonyl (C=O) groups is 1. The Morgan fingerprint density at radius 2 is 1.88 bits per heavy atom. The molecule has 0 atom stereocenters. The molecule has 2 aromatic rings. The lowest BCUT2D eigenvalue weighted by molar-refractivity contribution is 0.00703. The van der Waals surface area contributed by atoms with Gasteiger partial charge in [0, 0.05) is 6.20 Å². The van der Waals surface area contributed by atoms with E-state index in [1.165, 1.54) is 6.07 Å². The molecule has 0 fully saturated rings. The molecule has 0 unspecified atom stereocenters. The van der Waals surface area contributed by atoms with E-state index in [2.05, 4.69) is 26.2 Å². The molecule has 1 heterocycles. The first-order chi connectivity index (χ1) is 12.0. The van der Waals surface area contributed by atoms with Crippen LogP contribution in [0.25, 0.3) is 0 Å². The van der Waals surface area contributed by atoms with Crippen molar-refractivity contribution in [2.45, 2.75) is 53.1 Å². The molecule has 4 nitrogen and oxygen atoms in total. The van der Waals surface area contributed by atoms with Gasteiger partial charge < -0.3 is 10.1 Å². The van der Waals surface area contributed by atoms with Gasteiger partial charge in [-0.2, -0.15) is 0 Å². The van der Waals surface area contributed by atoms with Gasteiger partial charge in [0.15, 0.2) is 5.82 Å². The minimum Gasteiger partial charge on any atom is -0.456 e. The third-order valence-electron chi connectivity index (χ3n) is 3.70. The number of aryl methyl sites for hydroxylation is 1. The molecule has 1 aromatic carbocycles. The van der Waals surface area contributed by atoms with Crippen LogP contribution >= 0.6 is 15.9 Å². The Bertz CT molecular complexity index is 829. The van der Waals surface area contributed by atoms with Crippen LogP contribution in [0.1, 0.15) is 62.2 Å². The van der Waals surface area contributed by atoms with Gasteiger partial charge in [0.05, 0.1) is 27.1 Å². The predicted molar refractivity (Wildman–Crippen MR) is 106 cm³/mol. The average Bonchev–Trinajstić information content (AvgIpc) is 2.51. The molecule has 140 valence electrons. The van der Waals surface area contributed by atoms with Crippen LogP contribution in [0.3, 0.4) is 0 Å². The van der Waals surface area contributed by atoms with Crippen LogP contribution < -0.4 is 5.32 Å². The standard InChI is InChI=1S/C20H24BrFN2O2/c1-11(2)16-17(12(3)9-10-23-16)24-18-13(7-8-14(21)15(18)22)19(25)26-20(4,5)6/h7-11,24H,1-6H3. The summed E-state index contributed by atoms with van der Waals surface area (Å²) < 4.78 is 20.6. The number of aromatic nitrogens is 1. The molecule has 0 aliphatic carbocycles. The maximum Gasteiger partial charge on any atom is 0.340 e. The number of benzene rings is 1. The number of ether oxygens (including phenoxy) is 1. The number of nitrogens with zero attached hydrogens (tertiary/aromatic N) is 1. The number of halogens is 2. The molecule has 0 saturated heterocycles. The number of hydrogen-bond donors (Lipinski definition) is 1. The lowest BCUT2D eigenvalue weighted by atomic mass is 10.0. The minimum atomic E-state index is -0.675. The van der Waals surface area contributed by atoms with Crippen molar-refractivity contribution in [3.63, 3.8) is 0 Å². The van der Waals surface area contributed by atoms with Crippen LogP contribution in [-0.4, -0.2) is 16.6 Å².